The molecule has 0 spiro atoms. The van der Waals surface area contributed by atoms with Crippen molar-refractivity contribution in [2.45, 2.75) is 4.90 Å². The topological polar surface area (TPSA) is 9.23 Å². The first-order chi connectivity index (χ1) is 5.16. The predicted molar refractivity (Wildman–Crippen MR) is 50.3 cm³/mol. The molecule has 1 aromatic carbocycles. The molecule has 0 bridgehead atoms. The van der Waals surface area contributed by atoms with Gasteiger partial charge in [-0.1, -0.05) is 23.2 Å². The number of methoxy groups -OCH3 is 1. The zero-order valence-electron chi connectivity index (χ0n) is 5.77. The molecule has 0 unspecified atom stereocenters. The van der Waals surface area contributed by atoms with Crippen LogP contribution in [0.15, 0.2) is 17.0 Å². The van der Waals surface area contributed by atoms with Crippen LogP contribution in [0.3, 0.4) is 0 Å². The molecule has 0 amide bonds. The molecule has 4 heteroatoms. The highest BCUT2D eigenvalue weighted by molar-refractivity contribution is 7.80. The summed E-state index contributed by atoms with van der Waals surface area (Å²) in [5.74, 6) is 0.628. The molecule has 1 rings (SSSR count). The van der Waals surface area contributed by atoms with Crippen molar-refractivity contribution in [1.29, 1.82) is 0 Å². The molecule has 0 aliphatic rings. The summed E-state index contributed by atoms with van der Waals surface area (Å²) in [7, 11) is 1.55. The molecule has 0 heterocycles. The quantitative estimate of drug-likeness (QED) is 0.698. The fourth-order valence-electron chi connectivity index (χ4n) is 0.687. The first kappa shape index (κ1) is 9.04. The molecule has 11 heavy (non-hydrogen) atoms. The normalized spacial score (nSPS) is 9.82. The second-order valence-corrected chi connectivity index (χ2v) is 3.14. The zero-order valence-corrected chi connectivity index (χ0v) is 8.17. The second kappa shape index (κ2) is 3.57. The Morgan fingerprint density at radius 2 is 2.00 bits per heavy atom. The van der Waals surface area contributed by atoms with Crippen molar-refractivity contribution in [2.75, 3.05) is 7.11 Å². The largest absolute Gasteiger partial charge is 0.496 e. The molecular weight excluding hydrogens is 203 g/mol. The van der Waals surface area contributed by atoms with Gasteiger partial charge in [-0.05, 0) is 12.1 Å². The summed E-state index contributed by atoms with van der Waals surface area (Å²) < 4.78 is 4.96. The maximum Gasteiger partial charge on any atom is 0.133 e. The highest BCUT2D eigenvalue weighted by Crippen LogP contribution is 2.35. The standard InChI is InChI=1S/C7H6Cl2OS/c1-10-5-3-2-4(8)6(9)7(5)11/h2-3,11H,1H3. The van der Waals surface area contributed by atoms with Gasteiger partial charge in [0.05, 0.1) is 22.1 Å². The number of ether oxygens (including phenoxy) is 1. The lowest BCUT2D eigenvalue weighted by Crippen LogP contribution is -1.84. The summed E-state index contributed by atoms with van der Waals surface area (Å²) >= 11 is 15.6. The monoisotopic (exact) mass is 208 g/mol. The summed E-state index contributed by atoms with van der Waals surface area (Å²) in [4.78, 5) is 0.571. The van der Waals surface area contributed by atoms with Crippen LogP contribution in [0.5, 0.6) is 5.75 Å². The van der Waals surface area contributed by atoms with E-state index in [1.807, 2.05) is 0 Å². The van der Waals surface area contributed by atoms with E-state index in [-0.39, 0.29) is 0 Å². The lowest BCUT2D eigenvalue weighted by atomic mass is 10.3. The van der Waals surface area contributed by atoms with Gasteiger partial charge in [-0.25, -0.2) is 0 Å². The van der Waals surface area contributed by atoms with Crippen LogP contribution < -0.4 is 4.74 Å². The predicted octanol–water partition coefficient (Wildman–Crippen LogP) is 3.29. The number of hydrogen-bond acceptors (Lipinski definition) is 2. The van der Waals surface area contributed by atoms with Gasteiger partial charge in [-0.3, -0.25) is 0 Å². The fourth-order valence-corrected chi connectivity index (χ4v) is 1.35. The third-order valence-corrected chi connectivity index (χ3v) is 2.63. The Bertz CT molecular complexity index is 275. The molecule has 1 aromatic rings. The van der Waals surface area contributed by atoms with Crippen molar-refractivity contribution in [3.05, 3.63) is 22.2 Å². The van der Waals surface area contributed by atoms with Crippen molar-refractivity contribution >= 4 is 35.8 Å². The van der Waals surface area contributed by atoms with Crippen molar-refractivity contribution in [3.8, 4) is 5.75 Å². The molecule has 0 aromatic heterocycles. The van der Waals surface area contributed by atoms with Crippen LogP contribution in [0.4, 0.5) is 0 Å². The van der Waals surface area contributed by atoms with Gasteiger partial charge in [0.25, 0.3) is 0 Å². The van der Waals surface area contributed by atoms with Crippen LogP contribution in [0, 0.1) is 0 Å². The zero-order chi connectivity index (χ0) is 8.43. The summed E-state index contributed by atoms with van der Waals surface area (Å²) in [5, 5.41) is 0.909. The lowest BCUT2D eigenvalue weighted by molar-refractivity contribution is 0.405. The Labute approximate surface area is 80.7 Å². The first-order valence-electron chi connectivity index (χ1n) is 2.87. The third-order valence-electron chi connectivity index (χ3n) is 1.25. The molecule has 0 fully saturated rings. The van der Waals surface area contributed by atoms with Crippen LogP contribution in [0.2, 0.25) is 10.0 Å². The molecule has 0 aliphatic carbocycles. The van der Waals surface area contributed by atoms with Crippen molar-refractivity contribution in [1.82, 2.24) is 0 Å². The van der Waals surface area contributed by atoms with E-state index < -0.39 is 0 Å². The van der Waals surface area contributed by atoms with E-state index >= 15 is 0 Å². The van der Waals surface area contributed by atoms with Crippen LogP contribution in [0.25, 0.3) is 0 Å². The highest BCUT2D eigenvalue weighted by Gasteiger charge is 2.06. The maximum absolute atomic E-state index is 5.77. The number of rotatable bonds is 1. The highest BCUT2D eigenvalue weighted by atomic mass is 35.5. The van der Waals surface area contributed by atoms with E-state index in [2.05, 4.69) is 12.6 Å². The minimum Gasteiger partial charge on any atom is -0.496 e. The summed E-state index contributed by atoms with van der Waals surface area (Å²) in [6.45, 7) is 0. The maximum atomic E-state index is 5.77. The lowest BCUT2D eigenvalue weighted by Gasteiger charge is -2.05. The molecule has 1 nitrogen and oxygen atoms in total. The van der Waals surface area contributed by atoms with Crippen LogP contribution in [-0.2, 0) is 0 Å². The van der Waals surface area contributed by atoms with Crippen LogP contribution >= 0.6 is 35.8 Å². The Hall–Kier alpha value is -0.0500. The van der Waals surface area contributed by atoms with Gasteiger partial charge in [0, 0.05) is 0 Å². The van der Waals surface area contributed by atoms with Gasteiger partial charge in [0.1, 0.15) is 5.75 Å². The Kier molecular flexibility index (Phi) is 2.93. The number of hydrogen-bond donors (Lipinski definition) is 1. The van der Waals surface area contributed by atoms with Gasteiger partial charge < -0.3 is 4.74 Å². The molecule has 60 valence electrons. The minimum atomic E-state index is 0.425. The van der Waals surface area contributed by atoms with Gasteiger partial charge in [0.15, 0.2) is 0 Å². The van der Waals surface area contributed by atoms with Crippen LogP contribution in [-0.4, -0.2) is 7.11 Å². The van der Waals surface area contributed by atoms with Crippen molar-refractivity contribution in [2.24, 2.45) is 0 Å². The Balaban J connectivity index is 3.25. The van der Waals surface area contributed by atoms with E-state index in [1.165, 1.54) is 0 Å². The average molecular weight is 209 g/mol. The van der Waals surface area contributed by atoms with E-state index in [4.69, 9.17) is 27.9 Å². The molecule has 0 radical (unpaired) electrons. The number of thiol groups is 1. The molecule has 0 N–H and O–H groups in total. The molecule has 0 saturated carbocycles. The summed E-state index contributed by atoms with van der Waals surface area (Å²) in [6.07, 6.45) is 0. The van der Waals surface area contributed by atoms with Gasteiger partial charge in [-0.2, -0.15) is 0 Å². The van der Waals surface area contributed by atoms with Crippen molar-refractivity contribution in [3.63, 3.8) is 0 Å². The van der Waals surface area contributed by atoms with Crippen molar-refractivity contribution < 1.29 is 4.74 Å². The average Bonchev–Trinajstić information content (AvgIpc) is 2.01. The molecule has 0 saturated heterocycles. The number of benzene rings is 1. The number of halogens is 2. The van der Waals surface area contributed by atoms with E-state index in [9.17, 15) is 0 Å². The molecule has 0 aliphatic heterocycles. The molecular formula is C7H6Cl2OS. The SMILES string of the molecule is COc1ccc(Cl)c(Cl)c1S. The second-order valence-electron chi connectivity index (χ2n) is 1.91. The fraction of sp³-hybridized carbons (Fsp3) is 0.143. The smallest absolute Gasteiger partial charge is 0.133 e. The van der Waals surface area contributed by atoms with E-state index in [0.29, 0.717) is 20.7 Å². The van der Waals surface area contributed by atoms with E-state index in [1.54, 1.807) is 19.2 Å². The molecule has 0 atom stereocenters. The van der Waals surface area contributed by atoms with Gasteiger partial charge in [-0.15, -0.1) is 12.6 Å². The Morgan fingerprint density at radius 3 is 2.55 bits per heavy atom. The first-order valence-corrected chi connectivity index (χ1v) is 4.08. The van der Waals surface area contributed by atoms with Crippen LogP contribution in [0.1, 0.15) is 0 Å². The third kappa shape index (κ3) is 1.75. The Morgan fingerprint density at radius 1 is 1.36 bits per heavy atom. The minimum absolute atomic E-state index is 0.425. The van der Waals surface area contributed by atoms with Gasteiger partial charge >= 0.3 is 0 Å². The van der Waals surface area contributed by atoms with E-state index in [0.717, 1.165) is 0 Å². The summed E-state index contributed by atoms with van der Waals surface area (Å²) in [5.41, 5.74) is 0. The van der Waals surface area contributed by atoms with Gasteiger partial charge in [0.2, 0.25) is 0 Å². The summed E-state index contributed by atoms with van der Waals surface area (Å²) in [6, 6.07) is 3.39.